The zero-order valence-electron chi connectivity index (χ0n) is 23.5. The number of aryl methyl sites for hydroxylation is 1. The maximum Gasteiger partial charge on any atom is 0.246 e. The van der Waals surface area contributed by atoms with Crippen LogP contribution in [0.15, 0.2) is 66.9 Å². The van der Waals surface area contributed by atoms with Crippen LogP contribution in [0.2, 0.25) is 10.0 Å². The van der Waals surface area contributed by atoms with E-state index in [9.17, 15) is 14.4 Å². The lowest BCUT2D eigenvalue weighted by Crippen LogP contribution is -2.37. The number of hydrogen-bond donors (Lipinski definition) is 1. The van der Waals surface area contributed by atoms with Gasteiger partial charge in [-0.3, -0.25) is 14.4 Å². The minimum Gasteiger partial charge on any atom is -0.487 e. The molecule has 1 N–H and O–H groups in total. The molecule has 11 heteroatoms. The molecule has 216 valence electrons. The van der Waals surface area contributed by atoms with Crippen LogP contribution in [0.4, 0.5) is 11.5 Å². The zero-order valence-corrected chi connectivity index (χ0v) is 25.0. The number of rotatable bonds is 9. The van der Waals surface area contributed by atoms with E-state index >= 15 is 0 Å². The van der Waals surface area contributed by atoms with E-state index in [4.69, 9.17) is 27.9 Å². The Morgan fingerprint density at radius 2 is 1.79 bits per heavy atom. The lowest BCUT2D eigenvalue weighted by atomic mass is 10.1. The molecule has 0 unspecified atom stereocenters. The van der Waals surface area contributed by atoms with E-state index in [0.717, 1.165) is 16.6 Å². The maximum absolute atomic E-state index is 12.9. The molecule has 0 atom stereocenters. The molecule has 2 heterocycles. The number of likely N-dealkylation sites (N-methyl/N-ethyl adjacent to an activating group) is 1. The Morgan fingerprint density at radius 3 is 2.50 bits per heavy atom. The minimum absolute atomic E-state index is 0.0602. The summed E-state index contributed by atoms with van der Waals surface area (Å²) in [6.07, 6.45) is 4.40. The highest BCUT2D eigenvalue weighted by molar-refractivity contribution is 6.38. The largest absolute Gasteiger partial charge is 0.487 e. The molecule has 0 radical (unpaired) electrons. The van der Waals surface area contributed by atoms with Crippen molar-refractivity contribution < 1.29 is 19.1 Å². The quantitative estimate of drug-likeness (QED) is 0.249. The summed E-state index contributed by atoms with van der Waals surface area (Å²) in [6, 6.07) is 16.3. The Labute approximate surface area is 253 Å². The van der Waals surface area contributed by atoms with Gasteiger partial charge in [0.25, 0.3) is 0 Å². The summed E-state index contributed by atoms with van der Waals surface area (Å²) in [5.41, 5.74) is 3.19. The highest BCUT2D eigenvalue weighted by Gasteiger charge is 2.19. The normalized spacial score (nSPS) is 11.0. The molecular formula is C31H29Cl2N5O4. The first-order valence-corrected chi connectivity index (χ1v) is 13.7. The second-order valence-corrected chi connectivity index (χ2v) is 10.2. The number of benzene rings is 2. The number of pyridine rings is 2. The van der Waals surface area contributed by atoms with Crippen LogP contribution in [0.25, 0.3) is 17.0 Å². The van der Waals surface area contributed by atoms with Gasteiger partial charge in [0.1, 0.15) is 23.7 Å². The fourth-order valence-electron chi connectivity index (χ4n) is 3.96. The number of anilines is 2. The molecule has 0 bridgehead atoms. The van der Waals surface area contributed by atoms with Crippen LogP contribution in [0, 0.1) is 6.92 Å². The van der Waals surface area contributed by atoms with Gasteiger partial charge in [-0.05, 0) is 55.0 Å². The van der Waals surface area contributed by atoms with Gasteiger partial charge in [0.2, 0.25) is 17.7 Å². The fraction of sp³-hybridized carbons (Fsp3) is 0.194. The van der Waals surface area contributed by atoms with Crippen molar-refractivity contribution in [1.82, 2.24) is 15.3 Å². The van der Waals surface area contributed by atoms with E-state index in [1.54, 1.807) is 50.6 Å². The van der Waals surface area contributed by atoms with Gasteiger partial charge >= 0.3 is 0 Å². The lowest BCUT2D eigenvalue weighted by molar-refractivity contribution is -0.122. The molecule has 0 fully saturated rings. The molecule has 3 amide bonds. The molecule has 0 aliphatic heterocycles. The Bertz CT molecular complexity index is 1670. The first-order valence-electron chi connectivity index (χ1n) is 12.9. The zero-order chi connectivity index (χ0) is 30.4. The van der Waals surface area contributed by atoms with Crippen LogP contribution in [0.3, 0.4) is 0 Å². The third kappa shape index (κ3) is 7.23. The van der Waals surface area contributed by atoms with Crippen molar-refractivity contribution in [2.45, 2.75) is 20.5 Å². The van der Waals surface area contributed by atoms with Crippen LogP contribution in [-0.2, 0) is 21.0 Å². The van der Waals surface area contributed by atoms with Crippen molar-refractivity contribution in [3.8, 4) is 5.75 Å². The van der Waals surface area contributed by atoms with E-state index in [1.807, 2.05) is 37.3 Å². The summed E-state index contributed by atoms with van der Waals surface area (Å²) in [7, 11) is 3.19. The van der Waals surface area contributed by atoms with Crippen LogP contribution >= 0.6 is 23.2 Å². The van der Waals surface area contributed by atoms with Crippen molar-refractivity contribution in [1.29, 1.82) is 0 Å². The summed E-state index contributed by atoms with van der Waals surface area (Å²) in [5, 5.41) is 4.17. The Morgan fingerprint density at radius 1 is 1.00 bits per heavy atom. The van der Waals surface area contributed by atoms with Gasteiger partial charge in [0.15, 0.2) is 0 Å². The SMILES string of the molecule is CC(=O)N(C)c1ccc(/C=C/C(=O)NCC(=O)N(C)c2ccc(Cl)c(COc3cccc4ccc(C)nc34)c2Cl)cn1. The number of amides is 3. The Balaban J connectivity index is 1.38. The van der Waals surface area contributed by atoms with Gasteiger partial charge in [0.05, 0.1) is 17.3 Å². The molecule has 4 aromatic rings. The molecular weight excluding hydrogens is 577 g/mol. The third-order valence-electron chi connectivity index (χ3n) is 6.52. The Hall–Kier alpha value is -4.47. The van der Waals surface area contributed by atoms with Crippen molar-refractivity contribution >= 4 is 69.4 Å². The summed E-state index contributed by atoms with van der Waals surface area (Å²) in [4.78, 5) is 48.2. The highest BCUT2D eigenvalue weighted by Crippen LogP contribution is 2.35. The first kappa shape index (κ1) is 30.5. The predicted molar refractivity (Wildman–Crippen MR) is 166 cm³/mol. The number of hydrogen-bond acceptors (Lipinski definition) is 6. The number of para-hydroxylation sites is 1. The minimum atomic E-state index is -0.461. The first-order chi connectivity index (χ1) is 20.0. The predicted octanol–water partition coefficient (Wildman–Crippen LogP) is 5.60. The van der Waals surface area contributed by atoms with Crippen LogP contribution in [0.5, 0.6) is 5.75 Å². The summed E-state index contributed by atoms with van der Waals surface area (Å²) < 4.78 is 6.07. The Kier molecular flexibility index (Phi) is 9.77. The molecule has 42 heavy (non-hydrogen) atoms. The van der Waals surface area contributed by atoms with E-state index in [0.29, 0.717) is 33.4 Å². The average Bonchev–Trinajstić information content (AvgIpc) is 2.98. The van der Waals surface area contributed by atoms with Crippen LogP contribution in [-0.4, -0.2) is 48.3 Å². The van der Waals surface area contributed by atoms with Crippen LogP contribution < -0.4 is 19.9 Å². The summed E-state index contributed by atoms with van der Waals surface area (Å²) in [5.74, 6) is 0.0903. The number of aromatic nitrogens is 2. The van der Waals surface area contributed by atoms with E-state index in [-0.39, 0.29) is 30.0 Å². The molecule has 0 spiro atoms. The second kappa shape index (κ2) is 13.5. The average molecular weight is 607 g/mol. The van der Waals surface area contributed by atoms with E-state index in [1.165, 1.54) is 22.8 Å². The number of halogens is 2. The standard InChI is InChI=1S/C31H29Cl2N5O4/c1-19-8-11-22-6-5-7-26(31(22)36-19)42-18-23-24(32)12-13-25(30(23)33)38(4)29(41)17-35-28(40)15-10-21-9-14-27(34-16-21)37(3)20(2)39/h5-16H,17-18H2,1-4H3,(H,35,40)/b15-10+. The summed E-state index contributed by atoms with van der Waals surface area (Å²) >= 11 is 13.1. The van der Waals surface area contributed by atoms with E-state index < -0.39 is 5.91 Å². The number of nitrogens with one attached hydrogen (secondary N) is 1. The van der Waals surface area contributed by atoms with Crippen molar-refractivity contribution in [3.05, 3.63) is 93.7 Å². The van der Waals surface area contributed by atoms with Gasteiger partial charge in [-0.25, -0.2) is 9.97 Å². The van der Waals surface area contributed by atoms with Gasteiger partial charge in [-0.2, -0.15) is 0 Å². The molecule has 0 saturated heterocycles. The molecule has 0 saturated carbocycles. The third-order valence-corrected chi connectivity index (χ3v) is 7.30. The smallest absolute Gasteiger partial charge is 0.246 e. The summed E-state index contributed by atoms with van der Waals surface area (Å²) in [6.45, 7) is 3.15. The van der Waals surface area contributed by atoms with Gasteiger partial charge in [0, 0.05) is 55.0 Å². The molecule has 9 nitrogen and oxygen atoms in total. The topological polar surface area (TPSA) is 105 Å². The number of fused-ring (bicyclic) bond motifs is 1. The van der Waals surface area contributed by atoms with Crippen molar-refractivity contribution in [2.75, 3.05) is 30.4 Å². The van der Waals surface area contributed by atoms with Gasteiger partial charge in [-0.15, -0.1) is 0 Å². The second-order valence-electron chi connectivity index (χ2n) is 9.46. The molecule has 4 rings (SSSR count). The fourth-order valence-corrected chi connectivity index (χ4v) is 4.57. The lowest BCUT2D eigenvalue weighted by Gasteiger charge is -2.21. The van der Waals surface area contributed by atoms with Crippen molar-refractivity contribution in [3.63, 3.8) is 0 Å². The van der Waals surface area contributed by atoms with Crippen LogP contribution in [0.1, 0.15) is 23.7 Å². The number of nitrogens with zero attached hydrogens (tertiary/aromatic N) is 4. The highest BCUT2D eigenvalue weighted by atomic mass is 35.5. The molecule has 2 aromatic heterocycles. The molecule has 0 aliphatic carbocycles. The number of ether oxygens (including phenoxy) is 1. The van der Waals surface area contributed by atoms with Gasteiger partial charge in [-0.1, -0.05) is 41.4 Å². The molecule has 0 aliphatic rings. The van der Waals surface area contributed by atoms with E-state index in [2.05, 4.69) is 15.3 Å². The maximum atomic E-state index is 12.9. The monoisotopic (exact) mass is 605 g/mol. The van der Waals surface area contributed by atoms with Crippen molar-refractivity contribution in [2.24, 2.45) is 0 Å². The molecule has 2 aromatic carbocycles. The number of carbonyl (C=O) groups is 3. The van der Waals surface area contributed by atoms with Gasteiger partial charge < -0.3 is 19.9 Å². The number of carbonyl (C=O) groups excluding carboxylic acids is 3.